The summed E-state index contributed by atoms with van der Waals surface area (Å²) in [5, 5.41) is 13.4. The Bertz CT molecular complexity index is 535. The molecule has 1 saturated carbocycles. The maximum atomic E-state index is 11.4. The second kappa shape index (κ2) is 8.33. The fourth-order valence-electron chi connectivity index (χ4n) is 4.00. The Morgan fingerprint density at radius 1 is 1.22 bits per heavy atom. The molecule has 1 aliphatic heterocycles. The van der Waals surface area contributed by atoms with Gasteiger partial charge in [-0.15, -0.1) is 11.3 Å². The predicted octanol–water partition coefficient (Wildman–Crippen LogP) is 0.764. The van der Waals surface area contributed by atoms with E-state index in [4.69, 9.17) is 0 Å². The Labute approximate surface area is 161 Å². The molecule has 1 aromatic rings. The Morgan fingerprint density at radius 2 is 1.91 bits per heavy atom. The van der Waals surface area contributed by atoms with Gasteiger partial charge in [0.25, 0.3) is 0 Å². The van der Waals surface area contributed by atoms with Gasteiger partial charge >= 0.3 is 0 Å². The van der Waals surface area contributed by atoms with Crippen LogP contribution in [0.1, 0.15) is 49.8 Å². The Hall–Kier alpha value is -0.0900. The van der Waals surface area contributed by atoms with E-state index in [1.165, 1.54) is 45.2 Å². The highest BCUT2D eigenvalue weighted by Gasteiger charge is 2.38. The van der Waals surface area contributed by atoms with E-state index >= 15 is 0 Å². The number of likely N-dealkylation sites (tertiary alicyclic amines) is 1. The first-order valence-corrected chi connectivity index (χ1v) is 9.60. The second-order valence-corrected chi connectivity index (χ2v) is 8.26. The molecule has 2 nitrogen and oxygen atoms in total. The number of rotatable bonds is 3. The Morgan fingerprint density at radius 3 is 2.52 bits per heavy atom. The van der Waals surface area contributed by atoms with Crippen LogP contribution in [0.15, 0.2) is 17.5 Å². The van der Waals surface area contributed by atoms with Crippen LogP contribution in [0.25, 0.3) is 0 Å². The predicted molar refractivity (Wildman–Crippen MR) is 92.6 cm³/mol. The zero-order chi connectivity index (χ0) is 15.5. The van der Waals surface area contributed by atoms with E-state index in [1.807, 2.05) is 6.07 Å². The van der Waals surface area contributed by atoms with Gasteiger partial charge in [0.1, 0.15) is 6.54 Å². The second-order valence-electron chi connectivity index (χ2n) is 7.31. The number of aliphatic hydroxyl groups is 1. The van der Waals surface area contributed by atoms with Gasteiger partial charge in [-0.1, -0.05) is 31.2 Å². The summed E-state index contributed by atoms with van der Waals surface area (Å²) in [6, 6.07) is 4.09. The van der Waals surface area contributed by atoms with Gasteiger partial charge in [-0.3, -0.25) is 0 Å². The highest BCUT2D eigenvalue weighted by atomic mass is 127. The van der Waals surface area contributed by atoms with Crippen molar-refractivity contribution >= 4 is 11.3 Å². The minimum absolute atomic E-state index is 0. The molecule has 2 heterocycles. The number of thiophene rings is 1. The van der Waals surface area contributed by atoms with Crippen LogP contribution in [-0.4, -0.2) is 36.3 Å². The van der Waals surface area contributed by atoms with Gasteiger partial charge in [-0.05, 0) is 30.2 Å². The number of halogens is 1. The van der Waals surface area contributed by atoms with Crippen molar-refractivity contribution in [3.8, 4) is 11.8 Å². The third-order valence-electron chi connectivity index (χ3n) is 5.48. The maximum Gasteiger partial charge on any atom is 0.162 e. The van der Waals surface area contributed by atoms with E-state index in [-0.39, 0.29) is 24.0 Å². The smallest absolute Gasteiger partial charge is 0.162 e. The lowest BCUT2D eigenvalue weighted by atomic mass is 9.76. The summed E-state index contributed by atoms with van der Waals surface area (Å²) in [4.78, 5) is 1.04. The molecule has 2 fully saturated rings. The highest BCUT2D eigenvalue weighted by Crippen LogP contribution is 2.40. The highest BCUT2D eigenvalue weighted by molar-refractivity contribution is 7.10. The maximum absolute atomic E-state index is 11.4. The summed E-state index contributed by atoms with van der Waals surface area (Å²) >= 11 is 1.65. The van der Waals surface area contributed by atoms with Crippen LogP contribution >= 0.6 is 11.3 Å². The monoisotopic (exact) mass is 445 g/mol. The summed E-state index contributed by atoms with van der Waals surface area (Å²) in [5.74, 6) is 7.00. The zero-order valence-corrected chi connectivity index (χ0v) is 17.0. The molecule has 1 atom stereocenters. The van der Waals surface area contributed by atoms with Crippen molar-refractivity contribution < 1.29 is 33.6 Å². The van der Waals surface area contributed by atoms with E-state index in [2.05, 4.69) is 30.3 Å². The molecule has 1 aromatic heterocycles. The van der Waals surface area contributed by atoms with Crippen molar-refractivity contribution in [3.05, 3.63) is 22.4 Å². The number of quaternary nitrogens is 1. The fourth-order valence-corrected chi connectivity index (χ4v) is 4.86. The minimum Gasteiger partial charge on any atom is -1.00 e. The largest absolute Gasteiger partial charge is 1.00 e. The van der Waals surface area contributed by atoms with E-state index in [0.29, 0.717) is 5.92 Å². The molecule has 0 radical (unpaired) electrons. The molecule has 0 amide bonds. The molecule has 1 unspecified atom stereocenters. The first kappa shape index (κ1) is 19.2. The lowest BCUT2D eigenvalue weighted by molar-refractivity contribution is -0.890. The molecule has 1 N–H and O–H groups in total. The molecule has 4 heteroatoms. The van der Waals surface area contributed by atoms with Crippen LogP contribution in [-0.2, 0) is 5.60 Å². The van der Waals surface area contributed by atoms with Crippen molar-refractivity contribution in [2.45, 2.75) is 50.5 Å². The normalized spacial score (nSPS) is 23.4. The summed E-state index contributed by atoms with van der Waals surface area (Å²) < 4.78 is 1.05. The molecule has 23 heavy (non-hydrogen) atoms. The van der Waals surface area contributed by atoms with Gasteiger partial charge < -0.3 is 33.6 Å². The third-order valence-corrected chi connectivity index (χ3v) is 6.47. The van der Waals surface area contributed by atoms with Crippen LogP contribution in [0.4, 0.5) is 0 Å². The molecular formula is C19H28INOS. The van der Waals surface area contributed by atoms with Crippen molar-refractivity contribution in [2.75, 3.05) is 26.7 Å². The number of nitrogens with zero attached hydrogens (tertiary/aromatic N) is 1. The van der Waals surface area contributed by atoms with Crippen molar-refractivity contribution in [1.29, 1.82) is 0 Å². The molecule has 1 aliphatic carbocycles. The summed E-state index contributed by atoms with van der Waals surface area (Å²) in [6.45, 7) is 3.34. The van der Waals surface area contributed by atoms with Gasteiger partial charge in [0, 0.05) is 23.6 Å². The zero-order valence-electron chi connectivity index (χ0n) is 14.1. The Balaban J connectivity index is 0.00000192. The molecule has 0 spiro atoms. The molecular weight excluding hydrogens is 417 g/mol. The van der Waals surface area contributed by atoms with Crippen LogP contribution in [0.5, 0.6) is 0 Å². The van der Waals surface area contributed by atoms with Gasteiger partial charge in [0.2, 0.25) is 0 Å². The average Bonchev–Trinajstić information content (AvgIpc) is 3.20. The van der Waals surface area contributed by atoms with Crippen molar-refractivity contribution in [1.82, 2.24) is 0 Å². The van der Waals surface area contributed by atoms with Gasteiger partial charge in [0.05, 0.1) is 20.1 Å². The molecule has 0 bridgehead atoms. The van der Waals surface area contributed by atoms with Crippen LogP contribution in [0, 0.1) is 17.8 Å². The number of hydrogen-bond acceptors (Lipinski definition) is 2. The lowest BCUT2D eigenvalue weighted by Gasteiger charge is -2.34. The lowest BCUT2D eigenvalue weighted by Crippen LogP contribution is -3.00. The summed E-state index contributed by atoms with van der Waals surface area (Å²) in [7, 11) is 2.30. The van der Waals surface area contributed by atoms with Crippen LogP contribution in [0.2, 0.25) is 0 Å². The van der Waals surface area contributed by atoms with Gasteiger partial charge in [-0.2, -0.15) is 0 Å². The van der Waals surface area contributed by atoms with Crippen LogP contribution < -0.4 is 24.0 Å². The molecule has 2 aliphatic rings. The summed E-state index contributed by atoms with van der Waals surface area (Å²) in [6.07, 6.45) is 8.61. The number of hydrogen-bond donors (Lipinski definition) is 1. The molecule has 3 rings (SSSR count). The van der Waals surface area contributed by atoms with E-state index in [1.54, 1.807) is 11.3 Å². The summed E-state index contributed by atoms with van der Waals surface area (Å²) in [5.41, 5.74) is -0.923. The fraction of sp³-hybridized carbons (Fsp3) is 0.684. The Kier molecular flexibility index (Phi) is 6.97. The third kappa shape index (κ3) is 4.50. The van der Waals surface area contributed by atoms with E-state index < -0.39 is 5.60 Å². The van der Waals surface area contributed by atoms with Crippen molar-refractivity contribution in [2.24, 2.45) is 5.92 Å². The minimum atomic E-state index is -0.923. The first-order valence-electron chi connectivity index (χ1n) is 8.72. The van der Waals surface area contributed by atoms with E-state index in [9.17, 15) is 5.11 Å². The van der Waals surface area contributed by atoms with Crippen molar-refractivity contribution in [3.63, 3.8) is 0 Å². The van der Waals surface area contributed by atoms with Gasteiger partial charge in [-0.25, -0.2) is 0 Å². The van der Waals surface area contributed by atoms with E-state index in [0.717, 1.165) is 28.7 Å². The SMILES string of the molecule is C[N+]1(CC#CC(O)(c2cccs2)C2CCCCC2)CCCC1.[I-]. The average molecular weight is 445 g/mol. The molecule has 0 aromatic carbocycles. The quantitative estimate of drug-likeness (QED) is 0.414. The topological polar surface area (TPSA) is 20.2 Å². The van der Waals surface area contributed by atoms with Gasteiger partial charge in [0.15, 0.2) is 5.60 Å². The standard InChI is InChI=1S/C19H28NOS.HI/c1-20(13-5-6-14-20)15-8-12-19(21,18-11-7-16-22-18)17-9-3-2-4-10-17;/h7,11,16-17,21H,2-6,9-10,13-15H2,1H3;1H/q+1;/p-1. The first-order chi connectivity index (χ1) is 10.6. The van der Waals surface area contributed by atoms with Crippen LogP contribution in [0.3, 0.4) is 0 Å². The molecule has 128 valence electrons. The molecule has 1 saturated heterocycles.